The van der Waals surface area contributed by atoms with Gasteiger partial charge in [-0.1, -0.05) is 62.3 Å². The molecule has 0 fully saturated rings. The van der Waals surface area contributed by atoms with Gasteiger partial charge in [0.05, 0.1) is 16.3 Å². The summed E-state index contributed by atoms with van der Waals surface area (Å²) in [4.78, 5) is 16.1. The van der Waals surface area contributed by atoms with Gasteiger partial charge in [0.2, 0.25) is 0 Å². The Kier molecular flexibility index (Phi) is 9.64. The van der Waals surface area contributed by atoms with Crippen molar-refractivity contribution in [2.75, 3.05) is 31.9 Å². The fraction of sp³-hybridized carbons (Fsp3) is 0.409. The maximum absolute atomic E-state index is 12.8. The van der Waals surface area contributed by atoms with E-state index in [4.69, 9.17) is 22.1 Å². The first-order chi connectivity index (χ1) is 14.0. The summed E-state index contributed by atoms with van der Waals surface area (Å²) in [5.74, 6) is 0.233. The highest BCUT2D eigenvalue weighted by Gasteiger charge is 2.19. The maximum Gasteiger partial charge on any atom is 0.255 e. The van der Waals surface area contributed by atoms with E-state index in [1.54, 1.807) is 23.9 Å². The van der Waals surface area contributed by atoms with Crippen LogP contribution in [0, 0.1) is 0 Å². The summed E-state index contributed by atoms with van der Waals surface area (Å²) in [6.45, 7) is 9.49. The number of likely N-dealkylation sites (N-methyl/N-ethyl adjacent to an activating group) is 1. The Morgan fingerprint density at radius 2 is 1.90 bits per heavy atom. The summed E-state index contributed by atoms with van der Waals surface area (Å²) in [6.07, 6.45) is 0.769. The van der Waals surface area contributed by atoms with E-state index in [0.29, 0.717) is 28.6 Å². The number of carbonyl (C=O) groups excluding carboxylic acids is 1. The van der Waals surface area contributed by atoms with Crippen LogP contribution in [0.3, 0.4) is 0 Å². The first kappa shape index (κ1) is 23.4. The molecule has 2 aromatic carbocycles. The van der Waals surface area contributed by atoms with Gasteiger partial charge in [-0.3, -0.25) is 4.79 Å². The summed E-state index contributed by atoms with van der Waals surface area (Å²) >= 11 is 7.79. The normalized spacial score (nSPS) is 12.0. The van der Waals surface area contributed by atoms with Gasteiger partial charge in [-0.15, -0.1) is 0 Å². The van der Waals surface area contributed by atoms with Gasteiger partial charge in [0.15, 0.2) is 0 Å². The highest BCUT2D eigenvalue weighted by atomic mass is 35.5. The minimum absolute atomic E-state index is 0.153. The van der Waals surface area contributed by atoms with Gasteiger partial charge < -0.3 is 20.7 Å². The highest BCUT2D eigenvalue weighted by Crippen LogP contribution is 2.33. The molecule has 0 aliphatic carbocycles. The van der Waals surface area contributed by atoms with Crippen LogP contribution >= 0.6 is 23.4 Å². The van der Waals surface area contributed by atoms with Gasteiger partial charge in [-0.25, -0.2) is 0 Å². The summed E-state index contributed by atoms with van der Waals surface area (Å²) < 4.78 is 6.18. The lowest BCUT2D eigenvalue weighted by Crippen LogP contribution is -2.35. The number of nitrogens with two attached hydrogens (primary N) is 1. The van der Waals surface area contributed by atoms with E-state index < -0.39 is 0 Å². The second kappa shape index (κ2) is 12.0. The molecule has 0 aromatic heterocycles. The maximum atomic E-state index is 12.8. The number of thioether (sulfide) groups is 1. The second-order valence-corrected chi connectivity index (χ2v) is 8.18. The molecule has 0 aliphatic rings. The Morgan fingerprint density at radius 1 is 1.21 bits per heavy atom. The number of nitrogens with zero attached hydrogens (tertiary/aromatic N) is 1. The molecule has 29 heavy (non-hydrogen) atoms. The summed E-state index contributed by atoms with van der Waals surface area (Å²) in [7, 11) is 0. The van der Waals surface area contributed by atoms with Crippen molar-refractivity contribution in [2.45, 2.75) is 37.5 Å². The zero-order valence-corrected chi connectivity index (χ0v) is 18.9. The minimum Gasteiger partial charge on any atom is -0.479 e. The molecule has 2 rings (SSSR count). The molecule has 0 spiro atoms. The predicted octanol–water partition coefficient (Wildman–Crippen LogP) is 4.90. The van der Waals surface area contributed by atoms with Crippen LogP contribution in [0.1, 0.15) is 37.6 Å². The number of anilines is 1. The smallest absolute Gasteiger partial charge is 0.255 e. The van der Waals surface area contributed by atoms with Crippen LogP contribution in [0.4, 0.5) is 5.69 Å². The third-order valence-corrected chi connectivity index (χ3v) is 6.12. The largest absolute Gasteiger partial charge is 0.479 e. The van der Waals surface area contributed by atoms with Gasteiger partial charge in [0.25, 0.3) is 5.91 Å². The van der Waals surface area contributed by atoms with E-state index in [1.807, 2.05) is 37.3 Å². The van der Waals surface area contributed by atoms with Crippen molar-refractivity contribution in [3.8, 4) is 5.75 Å². The van der Waals surface area contributed by atoms with Gasteiger partial charge in [-0.2, -0.15) is 0 Å². The third-order valence-electron chi connectivity index (χ3n) is 4.55. The molecule has 0 bridgehead atoms. The SMILES string of the molecule is CCC(Oc1cc(N)c(Cl)cc1C(=O)NCCN(CC)CC)Sc1ccccc1. The summed E-state index contributed by atoms with van der Waals surface area (Å²) in [6, 6.07) is 13.2. The number of ether oxygens (including phenoxy) is 1. The van der Waals surface area contributed by atoms with Crippen LogP contribution in [-0.2, 0) is 0 Å². The molecule has 2 aromatic rings. The van der Waals surface area contributed by atoms with Crippen molar-refractivity contribution >= 4 is 35.0 Å². The van der Waals surface area contributed by atoms with E-state index in [9.17, 15) is 4.79 Å². The van der Waals surface area contributed by atoms with Crippen LogP contribution in [0.5, 0.6) is 5.75 Å². The molecule has 0 radical (unpaired) electrons. The average molecular weight is 436 g/mol. The van der Waals surface area contributed by atoms with Gasteiger partial charge in [-0.05, 0) is 37.7 Å². The standard InChI is InChI=1S/C22H30ClN3O2S/c1-4-21(29-16-10-8-7-9-11-16)28-20-15-19(24)18(23)14-17(20)22(27)25-12-13-26(5-2)6-3/h7-11,14-15,21H,4-6,12-13,24H2,1-3H3,(H,25,27). The number of benzene rings is 2. The molecule has 1 atom stereocenters. The average Bonchev–Trinajstić information content (AvgIpc) is 2.73. The van der Waals surface area contributed by atoms with Crippen LogP contribution in [0.15, 0.2) is 47.4 Å². The van der Waals surface area contributed by atoms with Crippen molar-refractivity contribution in [2.24, 2.45) is 0 Å². The molecule has 1 unspecified atom stereocenters. The van der Waals surface area contributed by atoms with Crippen LogP contribution in [-0.4, -0.2) is 42.4 Å². The lowest BCUT2D eigenvalue weighted by atomic mass is 10.1. The Labute approximate surface area is 182 Å². The van der Waals surface area contributed by atoms with E-state index in [2.05, 4.69) is 24.1 Å². The number of hydrogen-bond acceptors (Lipinski definition) is 5. The van der Waals surface area contributed by atoms with Crippen molar-refractivity contribution in [1.82, 2.24) is 10.2 Å². The van der Waals surface area contributed by atoms with Crippen LogP contribution < -0.4 is 15.8 Å². The molecule has 7 heteroatoms. The first-order valence-corrected chi connectivity index (χ1v) is 11.2. The second-order valence-electron chi connectivity index (χ2n) is 6.54. The lowest BCUT2D eigenvalue weighted by molar-refractivity contribution is 0.0944. The van der Waals surface area contributed by atoms with Gasteiger partial charge >= 0.3 is 0 Å². The fourth-order valence-electron chi connectivity index (χ4n) is 2.79. The monoisotopic (exact) mass is 435 g/mol. The molecule has 0 aliphatic heterocycles. The van der Waals surface area contributed by atoms with Crippen molar-refractivity contribution in [3.05, 3.63) is 53.1 Å². The Morgan fingerprint density at radius 3 is 2.52 bits per heavy atom. The lowest BCUT2D eigenvalue weighted by Gasteiger charge is -2.21. The topological polar surface area (TPSA) is 67.6 Å². The molecule has 3 N–H and O–H groups in total. The summed E-state index contributed by atoms with van der Waals surface area (Å²) in [5.41, 5.74) is 6.61. The molecule has 0 saturated carbocycles. The quantitative estimate of drug-likeness (QED) is 0.298. The molecule has 5 nitrogen and oxygen atoms in total. The fourth-order valence-corrected chi connectivity index (χ4v) is 3.89. The van der Waals surface area contributed by atoms with E-state index >= 15 is 0 Å². The number of hydrogen-bond donors (Lipinski definition) is 2. The number of nitrogen functional groups attached to an aromatic ring is 1. The van der Waals surface area contributed by atoms with Crippen molar-refractivity contribution < 1.29 is 9.53 Å². The predicted molar refractivity (Wildman–Crippen MR) is 123 cm³/mol. The van der Waals surface area contributed by atoms with Crippen molar-refractivity contribution in [3.63, 3.8) is 0 Å². The minimum atomic E-state index is -0.214. The number of amides is 1. The zero-order chi connectivity index (χ0) is 21.2. The van der Waals surface area contributed by atoms with Gasteiger partial charge in [0, 0.05) is 24.1 Å². The van der Waals surface area contributed by atoms with E-state index in [0.717, 1.165) is 31.0 Å². The molecular weight excluding hydrogens is 406 g/mol. The first-order valence-electron chi connectivity index (χ1n) is 9.96. The van der Waals surface area contributed by atoms with Crippen LogP contribution in [0.25, 0.3) is 0 Å². The Hall–Kier alpha value is -1.89. The van der Waals surface area contributed by atoms with E-state index in [1.165, 1.54) is 0 Å². The molecule has 0 heterocycles. The molecule has 1 amide bonds. The zero-order valence-electron chi connectivity index (χ0n) is 17.3. The van der Waals surface area contributed by atoms with Crippen molar-refractivity contribution in [1.29, 1.82) is 0 Å². The number of carbonyl (C=O) groups is 1. The molecular formula is C22H30ClN3O2S. The number of halogens is 1. The molecule has 158 valence electrons. The summed E-state index contributed by atoms with van der Waals surface area (Å²) in [5, 5.41) is 3.30. The third kappa shape index (κ3) is 7.14. The highest BCUT2D eigenvalue weighted by molar-refractivity contribution is 7.99. The van der Waals surface area contributed by atoms with Gasteiger partial charge in [0.1, 0.15) is 11.2 Å². The van der Waals surface area contributed by atoms with Crippen LogP contribution in [0.2, 0.25) is 5.02 Å². The number of nitrogens with one attached hydrogen (secondary N) is 1. The molecule has 0 saturated heterocycles. The Balaban J connectivity index is 2.13. The Bertz CT molecular complexity index is 785. The van der Waals surface area contributed by atoms with E-state index in [-0.39, 0.29) is 11.3 Å². The number of rotatable bonds is 11.